The van der Waals surface area contributed by atoms with E-state index in [1.165, 1.54) is 70.9 Å². The van der Waals surface area contributed by atoms with Crippen molar-refractivity contribution in [2.45, 2.75) is 75.9 Å². The topological polar surface area (TPSA) is 6.48 Å². The van der Waals surface area contributed by atoms with E-state index in [2.05, 4.69) is 16.8 Å². The van der Waals surface area contributed by atoms with Gasteiger partial charge in [0.15, 0.2) is 0 Å². The Labute approximate surface area is 106 Å². The van der Waals surface area contributed by atoms with Crippen molar-refractivity contribution in [1.82, 2.24) is 9.80 Å². The molecule has 3 aliphatic rings. The summed E-state index contributed by atoms with van der Waals surface area (Å²) in [6, 6.07) is 2.70. The van der Waals surface area contributed by atoms with Crippen LogP contribution in [0.25, 0.3) is 0 Å². The van der Waals surface area contributed by atoms with Crippen molar-refractivity contribution >= 4 is 0 Å². The lowest BCUT2D eigenvalue weighted by Crippen LogP contribution is -2.62. The Bertz CT molecular complexity index is 247. The summed E-state index contributed by atoms with van der Waals surface area (Å²) in [5, 5.41) is 0. The molecule has 0 spiro atoms. The lowest BCUT2D eigenvalue weighted by Gasteiger charge is -2.52. The molecule has 1 heterocycles. The fourth-order valence-corrected chi connectivity index (χ4v) is 4.46. The zero-order valence-electron chi connectivity index (χ0n) is 11.4. The first-order valence-electron chi connectivity index (χ1n) is 7.82. The van der Waals surface area contributed by atoms with Crippen molar-refractivity contribution in [2.24, 2.45) is 0 Å². The Morgan fingerprint density at radius 3 is 2.12 bits per heavy atom. The van der Waals surface area contributed by atoms with Crippen molar-refractivity contribution in [1.29, 1.82) is 0 Å². The van der Waals surface area contributed by atoms with Gasteiger partial charge in [0.2, 0.25) is 0 Å². The highest BCUT2D eigenvalue weighted by atomic mass is 15.3. The molecule has 0 N–H and O–H groups in total. The molecule has 0 amide bonds. The first-order valence-corrected chi connectivity index (χ1v) is 7.82. The van der Waals surface area contributed by atoms with Gasteiger partial charge in [0, 0.05) is 31.2 Å². The number of piperazine rings is 1. The predicted octanol–water partition coefficient (Wildman–Crippen LogP) is 2.88. The van der Waals surface area contributed by atoms with Crippen molar-refractivity contribution < 1.29 is 0 Å². The molecule has 2 saturated carbocycles. The normalized spacial score (nSPS) is 37.9. The van der Waals surface area contributed by atoms with E-state index in [1.807, 2.05) is 0 Å². The monoisotopic (exact) mass is 236 g/mol. The fraction of sp³-hybridized carbons (Fsp3) is 1.00. The molecule has 0 aromatic rings. The minimum atomic E-state index is 0.874. The highest BCUT2D eigenvalue weighted by Gasteiger charge is 2.39. The van der Waals surface area contributed by atoms with Crippen molar-refractivity contribution in [3.05, 3.63) is 0 Å². The second kappa shape index (κ2) is 5.27. The lowest BCUT2D eigenvalue weighted by atomic mass is 9.83. The van der Waals surface area contributed by atoms with E-state index in [4.69, 9.17) is 0 Å². The van der Waals surface area contributed by atoms with Crippen LogP contribution >= 0.6 is 0 Å². The van der Waals surface area contributed by atoms with E-state index in [9.17, 15) is 0 Å². The Kier molecular flexibility index (Phi) is 3.72. The van der Waals surface area contributed by atoms with Gasteiger partial charge in [-0.05, 0) is 32.7 Å². The minimum absolute atomic E-state index is 0.874. The molecular formula is C15H28N2. The van der Waals surface area contributed by atoms with Crippen LogP contribution in [0.4, 0.5) is 0 Å². The first kappa shape index (κ1) is 12.0. The van der Waals surface area contributed by atoms with Gasteiger partial charge in [-0.15, -0.1) is 0 Å². The predicted molar refractivity (Wildman–Crippen MR) is 72.3 cm³/mol. The standard InChI is InChI=1S/C15H28N2/c1-16-11-12-17(13-7-3-2-4-8-13)15-10-6-5-9-14(15)16/h13-15H,2-12H2,1H3. The summed E-state index contributed by atoms with van der Waals surface area (Å²) in [4.78, 5) is 5.56. The van der Waals surface area contributed by atoms with E-state index in [0.717, 1.165) is 18.1 Å². The highest BCUT2D eigenvalue weighted by molar-refractivity contribution is 4.95. The Hall–Kier alpha value is -0.0800. The van der Waals surface area contributed by atoms with E-state index in [1.54, 1.807) is 0 Å². The molecule has 3 rings (SSSR count). The third kappa shape index (κ3) is 2.39. The quantitative estimate of drug-likeness (QED) is 0.691. The number of fused-ring (bicyclic) bond motifs is 1. The summed E-state index contributed by atoms with van der Waals surface area (Å²) in [6.45, 7) is 2.64. The SMILES string of the molecule is CN1CCN(C2CCCCC2)C2CCCCC21. The van der Waals surface area contributed by atoms with E-state index in [-0.39, 0.29) is 0 Å². The average molecular weight is 236 g/mol. The minimum Gasteiger partial charge on any atom is -0.301 e. The van der Waals surface area contributed by atoms with Crippen LogP contribution in [0.2, 0.25) is 0 Å². The van der Waals surface area contributed by atoms with Gasteiger partial charge < -0.3 is 4.90 Å². The smallest absolute Gasteiger partial charge is 0.0254 e. The van der Waals surface area contributed by atoms with Crippen molar-refractivity contribution in [2.75, 3.05) is 20.1 Å². The Morgan fingerprint density at radius 1 is 0.706 bits per heavy atom. The number of nitrogens with zero attached hydrogens (tertiary/aromatic N) is 2. The van der Waals surface area contributed by atoms with Crippen LogP contribution in [0.5, 0.6) is 0 Å². The summed E-state index contributed by atoms with van der Waals surface area (Å²) in [5.74, 6) is 0. The molecule has 1 aliphatic heterocycles. The first-order chi connectivity index (χ1) is 8.36. The average Bonchev–Trinajstić information content (AvgIpc) is 2.41. The second-order valence-corrected chi connectivity index (χ2v) is 6.43. The summed E-state index contributed by atoms with van der Waals surface area (Å²) in [5.41, 5.74) is 0. The Morgan fingerprint density at radius 2 is 1.35 bits per heavy atom. The maximum absolute atomic E-state index is 2.92. The van der Waals surface area contributed by atoms with Crippen LogP contribution in [0.3, 0.4) is 0 Å². The van der Waals surface area contributed by atoms with Crippen LogP contribution in [0.15, 0.2) is 0 Å². The summed E-state index contributed by atoms with van der Waals surface area (Å²) in [7, 11) is 2.35. The Balaban J connectivity index is 1.70. The molecule has 17 heavy (non-hydrogen) atoms. The molecule has 0 aromatic heterocycles. The number of hydrogen-bond acceptors (Lipinski definition) is 2. The zero-order chi connectivity index (χ0) is 11.7. The molecular weight excluding hydrogens is 208 g/mol. The third-order valence-electron chi connectivity index (χ3n) is 5.44. The van der Waals surface area contributed by atoms with Gasteiger partial charge in [-0.3, -0.25) is 4.90 Å². The van der Waals surface area contributed by atoms with Gasteiger partial charge >= 0.3 is 0 Å². The molecule has 2 aliphatic carbocycles. The van der Waals surface area contributed by atoms with Crippen molar-refractivity contribution in [3.8, 4) is 0 Å². The molecule has 98 valence electrons. The summed E-state index contributed by atoms with van der Waals surface area (Å²) < 4.78 is 0. The molecule has 2 atom stereocenters. The summed E-state index contributed by atoms with van der Waals surface area (Å²) in [6.07, 6.45) is 13.2. The van der Waals surface area contributed by atoms with Crippen molar-refractivity contribution in [3.63, 3.8) is 0 Å². The van der Waals surface area contributed by atoms with Gasteiger partial charge in [-0.25, -0.2) is 0 Å². The molecule has 3 fully saturated rings. The van der Waals surface area contributed by atoms with Crippen LogP contribution in [-0.2, 0) is 0 Å². The molecule has 0 bridgehead atoms. The van der Waals surface area contributed by atoms with Gasteiger partial charge in [0.05, 0.1) is 0 Å². The maximum Gasteiger partial charge on any atom is 0.0254 e. The second-order valence-electron chi connectivity index (χ2n) is 6.43. The largest absolute Gasteiger partial charge is 0.301 e. The number of hydrogen-bond donors (Lipinski definition) is 0. The van der Waals surface area contributed by atoms with Gasteiger partial charge in [-0.1, -0.05) is 32.1 Å². The van der Waals surface area contributed by atoms with E-state index < -0.39 is 0 Å². The highest BCUT2D eigenvalue weighted by Crippen LogP contribution is 2.34. The third-order valence-corrected chi connectivity index (χ3v) is 5.44. The molecule has 0 radical (unpaired) electrons. The van der Waals surface area contributed by atoms with Gasteiger partial charge in [-0.2, -0.15) is 0 Å². The van der Waals surface area contributed by atoms with Crippen LogP contribution in [0, 0.1) is 0 Å². The lowest BCUT2D eigenvalue weighted by molar-refractivity contribution is -0.0235. The van der Waals surface area contributed by atoms with Crippen LogP contribution in [0.1, 0.15) is 57.8 Å². The molecule has 2 unspecified atom stereocenters. The molecule has 2 nitrogen and oxygen atoms in total. The van der Waals surface area contributed by atoms with E-state index in [0.29, 0.717) is 0 Å². The summed E-state index contributed by atoms with van der Waals surface area (Å²) >= 11 is 0. The molecule has 1 saturated heterocycles. The maximum atomic E-state index is 2.92. The number of likely N-dealkylation sites (N-methyl/N-ethyl adjacent to an activating group) is 1. The van der Waals surface area contributed by atoms with Gasteiger partial charge in [0.1, 0.15) is 0 Å². The molecule has 2 heteroatoms. The molecule has 0 aromatic carbocycles. The van der Waals surface area contributed by atoms with Gasteiger partial charge in [0.25, 0.3) is 0 Å². The fourth-order valence-electron chi connectivity index (χ4n) is 4.46. The number of rotatable bonds is 1. The zero-order valence-corrected chi connectivity index (χ0v) is 11.4. The van der Waals surface area contributed by atoms with Crippen LogP contribution < -0.4 is 0 Å². The van der Waals surface area contributed by atoms with Crippen LogP contribution in [-0.4, -0.2) is 48.1 Å². The van der Waals surface area contributed by atoms with E-state index >= 15 is 0 Å².